The number of nitriles is 1. The topological polar surface area (TPSA) is 54.5 Å². The molecule has 0 radical (unpaired) electrons. The largest absolute Gasteiger partial charge is 0.251 e. The molecule has 0 unspecified atom stereocenters. The SMILES string of the molecule is Cn1nnc(C#N)c1CCC12CC3CC(CC(C3)C1)C2. The van der Waals surface area contributed by atoms with E-state index in [4.69, 9.17) is 5.26 Å². The van der Waals surface area contributed by atoms with E-state index in [1.165, 1.54) is 44.9 Å². The molecule has 5 rings (SSSR count). The molecule has 0 saturated heterocycles. The van der Waals surface area contributed by atoms with Gasteiger partial charge in [0.25, 0.3) is 0 Å². The van der Waals surface area contributed by atoms with Gasteiger partial charge in [0.15, 0.2) is 5.69 Å². The predicted molar refractivity (Wildman–Crippen MR) is 74.6 cm³/mol. The first-order valence-electron chi connectivity index (χ1n) is 7.96. The van der Waals surface area contributed by atoms with Crippen molar-refractivity contribution >= 4 is 0 Å². The summed E-state index contributed by atoms with van der Waals surface area (Å²) in [5, 5.41) is 17.1. The summed E-state index contributed by atoms with van der Waals surface area (Å²) < 4.78 is 1.79. The van der Waals surface area contributed by atoms with Gasteiger partial charge >= 0.3 is 0 Å². The number of hydrogen-bond donors (Lipinski definition) is 0. The second kappa shape index (κ2) is 4.31. The van der Waals surface area contributed by atoms with E-state index in [2.05, 4.69) is 16.4 Å². The standard InChI is InChI=1S/C16H22N4/c1-20-15(14(10-17)18-19-20)2-3-16-7-11-4-12(8-16)6-13(5-11)9-16/h11-13H,2-9H2,1H3. The highest BCUT2D eigenvalue weighted by atomic mass is 15.4. The summed E-state index contributed by atoms with van der Waals surface area (Å²) in [5.41, 5.74) is 2.13. The summed E-state index contributed by atoms with van der Waals surface area (Å²) in [6, 6.07) is 2.18. The van der Waals surface area contributed by atoms with E-state index < -0.39 is 0 Å². The molecule has 0 amide bonds. The van der Waals surface area contributed by atoms with Crippen molar-refractivity contribution in [3.05, 3.63) is 11.4 Å². The average Bonchev–Trinajstić information content (AvgIpc) is 2.75. The van der Waals surface area contributed by atoms with Gasteiger partial charge in [-0.1, -0.05) is 5.21 Å². The van der Waals surface area contributed by atoms with Crippen LogP contribution in [-0.2, 0) is 13.5 Å². The van der Waals surface area contributed by atoms with Crippen LogP contribution in [0.3, 0.4) is 0 Å². The van der Waals surface area contributed by atoms with Crippen LogP contribution in [0.25, 0.3) is 0 Å². The Bertz CT molecular complexity index is 530. The lowest BCUT2D eigenvalue weighted by molar-refractivity contribution is -0.0571. The highest BCUT2D eigenvalue weighted by Gasteiger charge is 2.50. The fourth-order valence-corrected chi connectivity index (χ4v) is 5.72. The summed E-state index contributed by atoms with van der Waals surface area (Å²) >= 11 is 0. The fourth-order valence-electron chi connectivity index (χ4n) is 5.72. The van der Waals surface area contributed by atoms with E-state index in [9.17, 15) is 0 Å². The Labute approximate surface area is 120 Å². The summed E-state index contributed by atoms with van der Waals surface area (Å²) in [4.78, 5) is 0. The van der Waals surface area contributed by atoms with Crippen molar-refractivity contribution in [3.63, 3.8) is 0 Å². The number of hydrogen-bond acceptors (Lipinski definition) is 3. The van der Waals surface area contributed by atoms with Gasteiger partial charge in [0.1, 0.15) is 6.07 Å². The highest BCUT2D eigenvalue weighted by molar-refractivity contribution is 5.24. The van der Waals surface area contributed by atoms with E-state index >= 15 is 0 Å². The van der Waals surface area contributed by atoms with Crippen LogP contribution in [0.1, 0.15) is 56.3 Å². The van der Waals surface area contributed by atoms with E-state index in [-0.39, 0.29) is 0 Å². The summed E-state index contributed by atoms with van der Waals surface area (Å²) in [5.74, 6) is 3.00. The second-order valence-corrected chi connectivity index (χ2v) is 7.54. The molecule has 20 heavy (non-hydrogen) atoms. The average molecular weight is 270 g/mol. The normalized spacial score (nSPS) is 38.1. The molecule has 4 bridgehead atoms. The maximum atomic E-state index is 9.13. The highest BCUT2D eigenvalue weighted by Crippen LogP contribution is 2.61. The third-order valence-electron chi connectivity index (χ3n) is 6.11. The van der Waals surface area contributed by atoms with Gasteiger partial charge in [0, 0.05) is 7.05 Å². The minimum absolute atomic E-state index is 0.525. The summed E-state index contributed by atoms with van der Waals surface area (Å²) in [7, 11) is 1.91. The van der Waals surface area contributed by atoms with Gasteiger partial charge in [0.05, 0.1) is 5.69 Å². The molecule has 0 N–H and O–H groups in total. The van der Waals surface area contributed by atoms with Crippen molar-refractivity contribution in [2.24, 2.45) is 30.2 Å². The van der Waals surface area contributed by atoms with Crippen LogP contribution in [0.15, 0.2) is 0 Å². The first-order chi connectivity index (χ1) is 9.67. The molecule has 0 aliphatic heterocycles. The van der Waals surface area contributed by atoms with Crippen molar-refractivity contribution in [3.8, 4) is 6.07 Å². The van der Waals surface area contributed by atoms with Gasteiger partial charge in [-0.2, -0.15) is 5.26 Å². The third-order valence-corrected chi connectivity index (χ3v) is 6.11. The molecule has 1 heterocycles. The molecule has 0 atom stereocenters. The molecule has 4 nitrogen and oxygen atoms in total. The molecule has 4 fully saturated rings. The Morgan fingerprint density at radius 3 is 2.35 bits per heavy atom. The van der Waals surface area contributed by atoms with Gasteiger partial charge < -0.3 is 0 Å². The lowest BCUT2D eigenvalue weighted by Crippen LogP contribution is -2.46. The van der Waals surface area contributed by atoms with Crippen molar-refractivity contribution in [2.75, 3.05) is 0 Å². The Balaban J connectivity index is 1.52. The first-order valence-corrected chi connectivity index (χ1v) is 7.96. The fraction of sp³-hybridized carbons (Fsp3) is 0.812. The molecule has 0 aromatic carbocycles. The van der Waals surface area contributed by atoms with Crippen LogP contribution in [0.5, 0.6) is 0 Å². The van der Waals surface area contributed by atoms with Crippen molar-refractivity contribution in [2.45, 2.75) is 51.4 Å². The summed E-state index contributed by atoms with van der Waals surface area (Å²) in [6.07, 6.45) is 11.0. The number of aryl methyl sites for hydroxylation is 1. The van der Waals surface area contributed by atoms with Gasteiger partial charge in [-0.25, -0.2) is 0 Å². The Kier molecular flexibility index (Phi) is 2.67. The maximum absolute atomic E-state index is 9.13. The second-order valence-electron chi connectivity index (χ2n) is 7.54. The molecule has 4 aliphatic carbocycles. The monoisotopic (exact) mass is 270 g/mol. The van der Waals surface area contributed by atoms with Crippen LogP contribution in [0, 0.1) is 34.5 Å². The predicted octanol–water partition coefficient (Wildman–Crippen LogP) is 2.84. The molecule has 4 aliphatic rings. The van der Waals surface area contributed by atoms with Crippen LogP contribution >= 0.6 is 0 Å². The van der Waals surface area contributed by atoms with Crippen LogP contribution in [-0.4, -0.2) is 15.0 Å². The summed E-state index contributed by atoms with van der Waals surface area (Å²) in [6.45, 7) is 0. The molecule has 1 aromatic rings. The van der Waals surface area contributed by atoms with Crippen LogP contribution < -0.4 is 0 Å². The third kappa shape index (κ3) is 1.87. The van der Waals surface area contributed by atoms with Crippen LogP contribution in [0.4, 0.5) is 0 Å². The molecular formula is C16H22N4. The van der Waals surface area contributed by atoms with E-state index in [1.807, 2.05) is 7.05 Å². The zero-order chi connectivity index (χ0) is 13.7. The van der Waals surface area contributed by atoms with Gasteiger partial charge in [-0.3, -0.25) is 4.68 Å². The maximum Gasteiger partial charge on any atom is 0.185 e. The van der Waals surface area contributed by atoms with E-state index in [1.54, 1.807) is 4.68 Å². The molecule has 1 aromatic heterocycles. The van der Waals surface area contributed by atoms with Crippen molar-refractivity contribution in [1.82, 2.24) is 15.0 Å². The Morgan fingerprint density at radius 1 is 1.20 bits per heavy atom. The van der Waals surface area contributed by atoms with E-state index in [0.29, 0.717) is 11.1 Å². The minimum Gasteiger partial charge on any atom is -0.251 e. The number of aromatic nitrogens is 3. The number of rotatable bonds is 3. The van der Waals surface area contributed by atoms with Crippen molar-refractivity contribution < 1.29 is 0 Å². The molecule has 4 saturated carbocycles. The van der Waals surface area contributed by atoms with E-state index in [0.717, 1.165) is 29.9 Å². The van der Waals surface area contributed by atoms with Gasteiger partial charge in [-0.05, 0) is 74.5 Å². The Hall–Kier alpha value is -1.37. The molecule has 4 heteroatoms. The molecular weight excluding hydrogens is 248 g/mol. The smallest absolute Gasteiger partial charge is 0.185 e. The minimum atomic E-state index is 0.525. The number of nitrogens with zero attached hydrogens (tertiary/aromatic N) is 4. The van der Waals surface area contributed by atoms with Crippen LogP contribution in [0.2, 0.25) is 0 Å². The Morgan fingerprint density at radius 2 is 1.80 bits per heavy atom. The molecule has 106 valence electrons. The molecule has 0 spiro atoms. The zero-order valence-corrected chi connectivity index (χ0v) is 12.2. The zero-order valence-electron chi connectivity index (χ0n) is 12.2. The quantitative estimate of drug-likeness (QED) is 0.848. The first kappa shape index (κ1) is 12.4. The van der Waals surface area contributed by atoms with Gasteiger partial charge in [0.2, 0.25) is 0 Å². The van der Waals surface area contributed by atoms with Gasteiger partial charge in [-0.15, -0.1) is 5.10 Å². The van der Waals surface area contributed by atoms with Crippen molar-refractivity contribution in [1.29, 1.82) is 5.26 Å². The lowest BCUT2D eigenvalue weighted by atomic mass is 9.48. The lowest BCUT2D eigenvalue weighted by Gasteiger charge is -2.57.